The summed E-state index contributed by atoms with van der Waals surface area (Å²) in [6, 6.07) is 6.73. The van der Waals surface area contributed by atoms with Crippen LogP contribution in [0, 0.1) is 0 Å². The van der Waals surface area contributed by atoms with Crippen LogP contribution in [0.4, 0.5) is 9.59 Å². The van der Waals surface area contributed by atoms with E-state index in [1.54, 1.807) is 65.8 Å². The summed E-state index contributed by atoms with van der Waals surface area (Å²) in [5.74, 6) is 0.0441. The number of ketones is 1. The lowest BCUT2D eigenvalue weighted by Crippen LogP contribution is -2.66. The SMILES string of the molecule is CC(C)(C)OC(=O)NN(C(=O)OC(C)(C)C)[C@@]1(C)COc2ccccc2C1=O. The molecule has 154 valence electrons. The van der Waals surface area contributed by atoms with Crippen LogP contribution in [0.15, 0.2) is 24.3 Å². The second kappa shape index (κ2) is 7.33. The van der Waals surface area contributed by atoms with Crippen molar-refractivity contribution in [3.8, 4) is 5.75 Å². The Morgan fingerprint density at radius 2 is 1.64 bits per heavy atom. The minimum absolute atomic E-state index is 0.155. The molecule has 0 aromatic heterocycles. The average Bonchev–Trinajstić information content (AvgIpc) is 2.53. The summed E-state index contributed by atoms with van der Waals surface area (Å²) in [5, 5.41) is 0.852. The quantitative estimate of drug-likeness (QED) is 0.733. The standard InChI is InChI=1S/C20H28N2O6/c1-18(2,3)27-16(24)21-22(17(25)28-19(4,5)6)20(7)12-26-14-11-9-8-10-13(14)15(20)23/h8-11H,12H2,1-7H3,(H,21,24)/t20-/m0/s1. The van der Waals surface area contributed by atoms with Crippen LogP contribution in [0.1, 0.15) is 58.8 Å². The Hall–Kier alpha value is -2.77. The monoisotopic (exact) mass is 392 g/mol. The molecule has 0 fully saturated rings. The number of nitrogens with one attached hydrogen (secondary N) is 1. The molecule has 1 aliphatic heterocycles. The lowest BCUT2D eigenvalue weighted by Gasteiger charge is -2.42. The second-order valence-electron chi connectivity index (χ2n) is 8.82. The zero-order chi connectivity index (χ0) is 21.3. The molecule has 0 bridgehead atoms. The van der Waals surface area contributed by atoms with E-state index >= 15 is 0 Å². The number of hydrogen-bond acceptors (Lipinski definition) is 6. The summed E-state index contributed by atoms with van der Waals surface area (Å²) >= 11 is 0. The molecule has 8 heteroatoms. The minimum atomic E-state index is -1.52. The van der Waals surface area contributed by atoms with Gasteiger partial charge in [-0.3, -0.25) is 4.79 Å². The fourth-order valence-corrected chi connectivity index (χ4v) is 2.59. The highest BCUT2D eigenvalue weighted by Gasteiger charge is 2.50. The number of rotatable bonds is 1. The van der Waals surface area contributed by atoms with Crippen molar-refractivity contribution in [1.82, 2.24) is 10.4 Å². The van der Waals surface area contributed by atoms with Gasteiger partial charge < -0.3 is 14.2 Å². The van der Waals surface area contributed by atoms with E-state index in [1.807, 2.05) is 0 Å². The van der Waals surface area contributed by atoms with E-state index in [4.69, 9.17) is 14.2 Å². The minimum Gasteiger partial charge on any atom is -0.490 e. The Labute approximate surface area is 165 Å². The molecule has 0 radical (unpaired) electrons. The predicted octanol–water partition coefficient (Wildman–Crippen LogP) is 3.70. The molecule has 2 rings (SSSR count). The van der Waals surface area contributed by atoms with Gasteiger partial charge in [0.2, 0.25) is 0 Å². The number of Topliss-reactive ketones (excluding diaryl/α,β-unsaturated/α-hetero) is 1. The van der Waals surface area contributed by atoms with Crippen LogP contribution in [0.5, 0.6) is 5.75 Å². The third-order valence-electron chi connectivity index (χ3n) is 3.80. The summed E-state index contributed by atoms with van der Waals surface area (Å²) < 4.78 is 16.3. The van der Waals surface area contributed by atoms with E-state index in [1.165, 1.54) is 6.92 Å². The zero-order valence-corrected chi connectivity index (χ0v) is 17.4. The van der Waals surface area contributed by atoms with Crippen molar-refractivity contribution in [1.29, 1.82) is 0 Å². The molecule has 0 saturated carbocycles. The van der Waals surface area contributed by atoms with Crippen molar-refractivity contribution >= 4 is 18.0 Å². The van der Waals surface area contributed by atoms with Crippen LogP contribution < -0.4 is 10.2 Å². The lowest BCUT2D eigenvalue weighted by molar-refractivity contribution is -0.0338. The van der Waals surface area contributed by atoms with Crippen LogP contribution in [0.25, 0.3) is 0 Å². The smallest absolute Gasteiger partial charge is 0.430 e. The van der Waals surface area contributed by atoms with Gasteiger partial charge in [-0.15, -0.1) is 0 Å². The van der Waals surface area contributed by atoms with Crippen LogP contribution in [-0.2, 0) is 9.47 Å². The number of ether oxygens (including phenoxy) is 3. The van der Waals surface area contributed by atoms with Crippen molar-refractivity contribution in [2.24, 2.45) is 0 Å². The fourth-order valence-electron chi connectivity index (χ4n) is 2.59. The van der Waals surface area contributed by atoms with Crippen LogP contribution in [-0.4, -0.2) is 46.3 Å². The van der Waals surface area contributed by atoms with Crippen molar-refractivity contribution < 1.29 is 28.6 Å². The van der Waals surface area contributed by atoms with E-state index in [0.29, 0.717) is 11.3 Å². The predicted molar refractivity (Wildman–Crippen MR) is 102 cm³/mol. The number of hydrogen-bond donors (Lipinski definition) is 1. The Morgan fingerprint density at radius 1 is 1.07 bits per heavy atom. The molecule has 1 aliphatic rings. The van der Waals surface area contributed by atoms with Gasteiger partial charge in [0.25, 0.3) is 0 Å². The van der Waals surface area contributed by atoms with E-state index in [0.717, 1.165) is 5.01 Å². The van der Waals surface area contributed by atoms with Crippen molar-refractivity contribution in [2.45, 2.75) is 65.2 Å². The lowest BCUT2D eigenvalue weighted by atomic mass is 9.88. The largest absolute Gasteiger partial charge is 0.490 e. The first kappa shape index (κ1) is 21.5. The summed E-state index contributed by atoms with van der Waals surface area (Å²) in [7, 11) is 0. The van der Waals surface area contributed by atoms with Crippen LogP contribution in [0.2, 0.25) is 0 Å². The van der Waals surface area contributed by atoms with Gasteiger partial charge in [-0.1, -0.05) is 12.1 Å². The number of hydrazine groups is 1. The van der Waals surface area contributed by atoms with Crippen molar-refractivity contribution in [3.63, 3.8) is 0 Å². The van der Waals surface area contributed by atoms with Crippen LogP contribution in [0.3, 0.4) is 0 Å². The molecule has 1 atom stereocenters. The Balaban J connectivity index is 2.39. The molecule has 1 aromatic carbocycles. The molecule has 2 amide bonds. The number of benzene rings is 1. The zero-order valence-electron chi connectivity index (χ0n) is 17.4. The van der Waals surface area contributed by atoms with E-state index < -0.39 is 28.9 Å². The van der Waals surface area contributed by atoms with Gasteiger partial charge in [0.15, 0.2) is 11.3 Å². The third kappa shape index (κ3) is 4.94. The molecule has 0 saturated heterocycles. The first-order chi connectivity index (χ1) is 12.7. The van der Waals surface area contributed by atoms with Crippen molar-refractivity contribution in [2.75, 3.05) is 6.61 Å². The topological polar surface area (TPSA) is 94.2 Å². The highest BCUT2D eigenvalue weighted by Crippen LogP contribution is 2.32. The van der Waals surface area contributed by atoms with Gasteiger partial charge in [-0.25, -0.2) is 15.0 Å². The van der Waals surface area contributed by atoms with Crippen molar-refractivity contribution in [3.05, 3.63) is 29.8 Å². The summed E-state index contributed by atoms with van der Waals surface area (Å²) in [5.41, 5.74) is -0.463. The second-order valence-corrected chi connectivity index (χ2v) is 8.82. The molecule has 28 heavy (non-hydrogen) atoms. The van der Waals surface area contributed by atoms with Gasteiger partial charge in [-0.2, -0.15) is 5.01 Å². The number of para-hydroxylation sites is 1. The van der Waals surface area contributed by atoms with E-state index in [-0.39, 0.29) is 12.4 Å². The third-order valence-corrected chi connectivity index (χ3v) is 3.80. The summed E-state index contributed by atoms with van der Waals surface area (Å²) in [6.45, 7) is 11.5. The maximum atomic E-state index is 13.2. The van der Waals surface area contributed by atoms with Gasteiger partial charge in [0.1, 0.15) is 23.6 Å². The highest BCUT2D eigenvalue weighted by molar-refractivity contribution is 6.07. The molecule has 0 unspecified atom stereocenters. The molecule has 8 nitrogen and oxygen atoms in total. The number of nitrogens with zero attached hydrogens (tertiary/aromatic N) is 1. The van der Waals surface area contributed by atoms with E-state index in [9.17, 15) is 14.4 Å². The normalized spacial score (nSPS) is 19.2. The molecular weight excluding hydrogens is 364 g/mol. The maximum Gasteiger partial charge on any atom is 0.430 e. The summed E-state index contributed by atoms with van der Waals surface area (Å²) in [6.07, 6.45) is -1.77. The molecular formula is C20H28N2O6. The first-order valence-electron chi connectivity index (χ1n) is 9.02. The number of carbonyl (C=O) groups excluding carboxylic acids is 3. The molecule has 0 spiro atoms. The van der Waals surface area contributed by atoms with Gasteiger partial charge in [-0.05, 0) is 60.6 Å². The molecule has 0 aliphatic carbocycles. The number of fused-ring (bicyclic) bond motifs is 1. The first-order valence-corrected chi connectivity index (χ1v) is 9.02. The van der Waals surface area contributed by atoms with Crippen LogP contribution >= 0.6 is 0 Å². The molecule has 1 aromatic rings. The maximum absolute atomic E-state index is 13.2. The molecule has 1 N–H and O–H groups in total. The fraction of sp³-hybridized carbons (Fsp3) is 0.550. The summed E-state index contributed by atoms with van der Waals surface area (Å²) in [4.78, 5) is 38.4. The average molecular weight is 392 g/mol. The number of carbonyl (C=O) groups is 3. The van der Waals surface area contributed by atoms with Gasteiger partial charge >= 0.3 is 12.2 Å². The molecule has 1 heterocycles. The number of amides is 2. The van der Waals surface area contributed by atoms with Gasteiger partial charge in [0.05, 0.1) is 5.56 Å². The van der Waals surface area contributed by atoms with Gasteiger partial charge in [0, 0.05) is 0 Å². The Bertz CT molecular complexity index is 778. The van der Waals surface area contributed by atoms with E-state index in [2.05, 4.69) is 5.43 Å². The Kier molecular flexibility index (Phi) is 5.64. The highest BCUT2D eigenvalue weighted by atomic mass is 16.6. The Morgan fingerprint density at radius 3 is 2.21 bits per heavy atom.